The average Bonchev–Trinajstić information content (AvgIpc) is 2.31. The summed E-state index contributed by atoms with van der Waals surface area (Å²) in [5.74, 6) is 1.03. The van der Waals surface area contributed by atoms with Gasteiger partial charge in [-0.25, -0.2) is 0 Å². The summed E-state index contributed by atoms with van der Waals surface area (Å²) < 4.78 is 6.43. The van der Waals surface area contributed by atoms with E-state index in [1.165, 1.54) is 16.3 Å². The maximum atomic E-state index is 6.43. The number of hydrogen-bond acceptors (Lipinski definition) is 1. The van der Waals surface area contributed by atoms with Crippen molar-refractivity contribution in [1.82, 2.24) is 0 Å². The average molecular weight is 271 g/mol. The Balaban J connectivity index is 2.45. The molecular formula is C17H23OSi. The van der Waals surface area contributed by atoms with Gasteiger partial charge in [-0.3, -0.25) is 0 Å². The third kappa shape index (κ3) is 2.69. The van der Waals surface area contributed by atoms with Crippen molar-refractivity contribution in [2.24, 2.45) is 0 Å². The minimum Gasteiger partial charge on any atom is -0.543 e. The zero-order valence-electron chi connectivity index (χ0n) is 12.8. The topological polar surface area (TPSA) is 9.23 Å². The highest BCUT2D eigenvalue weighted by Crippen LogP contribution is 2.39. The molecule has 1 nitrogen and oxygen atoms in total. The molecule has 0 atom stereocenters. The lowest BCUT2D eigenvalue weighted by molar-refractivity contribution is 0.490. The van der Waals surface area contributed by atoms with Crippen LogP contribution in [-0.2, 0) is 0 Å². The van der Waals surface area contributed by atoms with Crippen molar-refractivity contribution in [2.75, 3.05) is 0 Å². The molecular weight excluding hydrogens is 248 g/mol. The van der Waals surface area contributed by atoms with Crippen molar-refractivity contribution in [3.8, 4) is 5.75 Å². The standard InChI is InChI=1S/C17H23OSi/c1-13-15-10-8-7-9-14(15)11-12-16(13)18-19(5,6)17(2,3)4/h8-12H,1-6H3. The molecule has 0 aliphatic rings. The lowest BCUT2D eigenvalue weighted by Gasteiger charge is -2.37. The van der Waals surface area contributed by atoms with E-state index in [1.54, 1.807) is 0 Å². The summed E-state index contributed by atoms with van der Waals surface area (Å²) >= 11 is 0. The van der Waals surface area contributed by atoms with Gasteiger partial charge in [0.15, 0.2) is 0 Å². The third-order valence-corrected chi connectivity index (χ3v) is 8.60. The Hall–Kier alpha value is -1.28. The first kappa shape index (κ1) is 14.1. The van der Waals surface area contributed by atoms with Gasteiger partial charge in [-0.15, -0.1) is 0 Å². The maximum absolute atomic E-state index is 6.43. The van der Waals surface area contributed by atoms with Gasteiger partial charge in [0.05, 0.1) is 0 Å². The number of benzene rings is 2. The van der Waals surface area contributed by atoms with E-state index in [2.05, 4.69) is 65.1 Å². The van der Waals surface area contributed by atoms with E-state index < -0.39 is 8.32 Å². The predicted octanol–water partition coefficient (Wildman–Crippen LogP) is 5.33. The van der Waals surface area contributed by atoms with E-state index in [1.807, 2.05) is 12.1 Å². The molecule has 2 aromatic carbocycles. The van der Waals surface area contributed by atoms with Crippen LogP contribution in [0.3, 0.4) is 0 Å². The lowest BCUT2D eigenvalue weighted by Crippen LogP contribution is -2.44. The van der Waals surface area contributed by atoms with Gasteiger partial charge in [-0.2, -0.15) is 0 Å². The zero-order valence-corrected chi connectivity index (χ0v) is 13.8. The van der Waals surface area contributed by atoms with E-state index in [-0.39, 0.29) is 5.04 Å². The van der Waals surface area contributed by atoms with Crippen LogP contribution in [0.5, 0.6) is 5.75 Å². The highest BCUT2D eigenvalue weighted by Gasteiger charge is 2.39. The molecule has 0 unspecified atom stereocenters. The first-order chi connectivity index (χ1) is 8.72. The summed E-state index contributed by atoms with van der Waals surface area (Å²) in [6.45, 7) is 13.5. The van der Waals surface area contributed by atoms with Crippen LogP contribution in [0.1, 0.15) is 26.3 Å². The highest BCUT2D eigenvalue weighted by molar-refractivity contribution is 6.74. The molecule has 0 bridgehead atoms. The SMILES string of the molecule is Cc1c(O[Si](C)(C)C(C)(C)C)ccc2c[c]ccc12. The maximum Gasteiger partial charge on any atom is 0.250 e. The molecule has 101 valence electrons. The largest absolute Gasteiger partial charge is 0.543 e. The Morgan fingerprint density at radius 1 is 1.11 bits per heavy atom. The molecule has 19 heavy (non-hydrogen) atoms. The fraction of sp³-hybridized carbons (Fsp3) is 0.412. The van der Waals surface area contributed by atoms with Crippen molar-refractivity contribution in [1.29, 1.82) is 0 Å². The van der Waals surface area contributed by atoms with Crippen LogP contribution in [0, 0.1) is 13.0 Å². The van der Waals surface area contributed by atoms with E-state index in [4.69, 9.17) is 4.43 Å². The van der Waals surface area contributed by atoms with Gasteiger partial charge >= 0.3 is 0 Å². The predicted molar refractivity (Wildman–Crippen MR) is 85.3 cm³/mol. The van der Waals surface area contributed by atoms with Crippen LogP contribution in [0.2, 0.25) is 18.1 Å². The zero-order chi connectivity index (χ0) is 14.3. The monoisotopic (exact) mass is 271 g/mol. The first-order valence-corrected chi connectivity index (χ1v) is 9.72. The summed E-state index contributed by atoms with van der Waals surface area (Å²) in [6, 6.07) is 13.5. The number of hydrogen-bond donors (Lipinski definition) is 0. The summed E-state index contributed by atoms with van der Waals surface area (Å²) in [5, 5.41) is 2.70. The summed E-state index contributed by atoms with van der Waals surface area (Å²) in [4.78, 5) is 0. The van der Waals surface area contributed by atoms with E-state index in [0.717, 1.165) is 5.75 Å². The Bertz CT molecular complexity index is 594. The normalized spacial score (nSPS) is 12.7. The molecule has 0 aromatic heterocycles. The van der Waals surface area contributed by atoms with Crippen molar-refractivity contribution >= 4 is 19.1 Å². The van der Waals surface area contributed by atoms with Gasteiger partial charge in [-0.05, 0) is 59.6 Å². The van der Waals surface area contributed by atoms with Crippen LogP contribution in [0.25, 0.3) is 10.8 Å². The Kier molecular flexibility index (Phi) is 3.48. The van der Waals surface area contributed by atoms with Gasteiger partial charge in [0, 0.05) is 0 Å². The van der Waals surface area contributed by atoms with Crippen molar-refractivity contribution in [2.45, 2.75) is 45.8 Å². The van der Waals surface area contributed by atoms with Crippen LogP contribution in [-0.4, -0.2) is 8.32 Å². The molecule has 0 fully saturated rings. The Morgan fingerprint density at radius 3 is 2.42 bits per heavy atom. The second-order valence-corrected chi connectivity index (χ2v) is 11.4. The van der Waals surface area contributed by atoms with Crippen molar-refractivity contribution < 1.29 is 4.43 Å². The van der Waals surface area contributed by atoms with Crippen LogP contribution < -0.4 is 4.43 Å². The highest BCUT2D eigenvalue weighted by atomic mass is 28.4. The van der Waals surface area contributed by atoms with Gasteiger partial charge < -0.3 is 4.43 Å². The summed E-state index contributed by atoms with van der Waals surface area (Å²) in [7, 11) is -1.77. The summed E-state index contributed by atoms with van der Waals surface area (Å²) in [5.41, 5.74) is 1.23. The van der Waals surface area contributed by atoms with E-state index in [0.29, 0.717) is 0 Å². The third-order valence-electron chi connectivity index (χ3n) is 4.26. The lowest BCUT2D eigenvalue weighted by atomic mass is 10.1. The molecule has 0 spiro atoms. The van der Waals surface area contributed by atoms with E-state index in [9.17, 15) is 0 Å². The molecule has 2 rings (SSSR count). The Labute approximate surface area is 117 Å². The number of aryl methyl sites for hydroxylation is 1. The van der Waals surface area contributed by atoms with Crippen LogP contribution >= 0.6 is 0 Å². The summed E-state index contributed by atoms with van der Waals surface area (Å²) in [6.07, 6.45) is 0. The molecule has 0 heterocycles. The van der Waals surface area contributed by atoms with Crippen molar-refractivity contribution in [3.63, 3.8) is 0 Å². The second kappa shape index (κ2) is 4.68. The number of rotatable bonds is 2. The van der Waals surface area contributed by atoms with Crippen LogP contribution in [0.4, 0.5) is 0 Å². The van der Waals surface area contributed by atoms with Crippen LogP contribution in [0.15, 0.2) is 30.3 Å². The fourth-order valence-electron chi connectivity index (χ4n) is 1.88. The molecule has 0 aliphatic carbocycles. The van der Waals surface area contributed by atoms with Crippen molar-refractivity contribution in [3.05, 3.63) is 42.0 Å². The van der Waals surface area contributed by atoms with E-state index >= 15 is 0 Å². The van der Waals surface area contributed by atoms with Gasteiger partial charge in [0.25, 0.3) is 0 Å². The molecule has 2 aromatic rings. The van der Waals surface area contributed by atoms with Gasteiger partial charge in [0.2, 0.25) is 8.32 Å². The molecule has 1 radical (unpaired) electrons. The fourth-order valence-corrected chi connectivity index (χ4v) is 2.96. The molecule has 0 amide bonds. The molecule has 2 heteroatoms. The molecule has 0 N–H and O–H groups in total. The van der Waals surface area contributed by atoms with Gasteiger partial charge in [-0.1, -0.05) is 39.0 Å². The minimum atomic E-state index is -1.77. The Morgan fingerprint density at radius 2 is 1.79 bits per heavy atom. The molecule has 0 saturated carbocycles. The molecule has 0 saturated heterocycles. The molecule has 0 aliphatic heterocycles. The quantitative estimate of drug-likeness (QED) is 0.671. The number of fused-ring (bicyclic) bond motifs is 1. The smallest absolute Gasteiger partial charge is 0.250 e. The van der Waals surface area contributed by atoms with Gasteiger partial charge in [0.1, 0.15) is 5.75 Å². The second-order valence-electron chi connectivity index (χ2n) is 6.70. The first-order valence-electron chi connectivity index (χ1n) is 6.81. The minimum absolute atomic E-state index is 0.221.